The van der Waals surface area contributed by atoms with Crippen LogP contribution in [0.5, 0.6) is 0 Å². The molecule has 0 bridgehead atoms. The zero-order valence-electron chi connectivity index (χ0n) is 10.7. The summed E-state index contributed by atoms with van der Waals surface area (Å²) in [6, 6.07) is 7.80. The van der Waals surface area contributed by atoms with Gasteiger partial charge in [-0.1, -0.05) is 0 Å². The molecule has 1 aliphatic rings. The summed E-state index contributed by atoms with van der Waals surface area (Å²) in [6.07, 6.45) is 6.19. The summed E-state index contributed by atoms with van der Waals surface area (Å²) in [5.41, 5.74) is 7.03. The van der Waals surface area contributed by atoms with Crippen molar-refractivity contribution in [1.29, 1.82) is 0 Å². The highest BCUT2D eigenvalue weighted by molar-refractivity contribution is 5.82. The molecule has 1 aromatic carbocycles. The van der Waals surface area contributed by atoms with Gasteiger partial charge in [0.15, 0.2) is 0 Å². The lowest BCUT2D eigenvalue weighted by Gasteiger charge is -2.28. The number of nitrogens with two attached hydrogens (primary N) is 1. The van der Waals surface area contributed by atoms with E-state index in [-0.39, 0.29) is 10.6 Å². The van der Waals surface area contributed by atoms with E-state index >= 15 is 0 Å². The van der Waals surface area contributed by atoms with Crippen LogP contribution in [-0.2, 0) is 0 Å². The number of nitrogens with zero attached hydrogens (tertiary/aromatic N) is 2. The van der Waals surface area contributed by atoms with Crippen LogP contribution in [-0.4, -0.2) is 15.5 Å². The molecule has 1 saturated carbocycles. The third-order valence-corrected chi connectivity index (χ3v) is 4.05. The summed E-state index contributed by atoms with van der Waals surface area (Å²) in [5, 5.41) is 11.9. The Kier molecular flexibility index (Phi) is 2.98. The van der Waals surface area contributed by atoms with Gasteiger partial charge in [0.05, 0.1) is 10.4 Å². The topological polar surface area (TPSA) is 74.1 Å². The first-order valence-corrected chi connectivity index (χ1v) is 6.66. The van der Waals surface area contributed by atoms with E-state index in [0.29, 0.717) is 12.1 Å². The van der Waals surface area contributed by atoms with Crippen molar-refractivity contribution >= 4 is 16.6 Å². The van der Waals surface area contributed by atoms with Gasteiger partial charge >= 0.3 is 0 Å². The second-order valence-corrected chi connectivity index (χ2v) is 5.29. The molecule has 0 aliphatic heterocycles. The van der Waals surface area contributed by atoms with Crippen molar-refractivity contribution in [3.63, 3.8) is 0 Å². The van der Waals surface area contributed by atoms with Gasteiger partial charge < -0.3 is 10.3 Å². The smallest absolute Gasteiger partial charge is 0.271 e. The maximum Gasteiger partial charge on any atom is 0.271 e. The highest BCUT2D eigenvalue weighted by Crippen LogP contribution is 2.32. The molecule has 0 spiro atoms. The molecule has 3 rings (SSSR count). The van der Waals surface area contributed by atoms with Crippen molar-refractivity contribution in [1.82, 2.24) is 4.57 Å². The number of hydrogen-bond donors (Lipinski definition) is 1. The van der Waals surface area contributed by atoms with E-state index in [4.69, 9.17) is 5.73 Å². The SMILES string of the molecule is NC1CCC(n2ccc3ccc([N+](=O)[O-])cc32)CC1. The predicted molar refractivity (Wildman–Crippen MR) is 74.1 cm³/mol. The van der Waals surface area contributed by atoms with Crippen molar-refractivity contribution in [3.8, 4) is 0 Å². The zero-order valence-corrected chi connectivity index (χ0v) is 10.7. The number of nitro benzene ring substituents is 1. The lowest BCUT2D eigenvalue weighted by atomic mass is 9.91. The molecule has 0 unspecified atom stereocenters. The van der Waals surface area contributed by atoms with Crippen LogP contribution in [0.1, 0.15) is 31.7 Å². The van der Waals surface area contributed by atoms with Crippen LogP contribution in [0.25, 0.3) is 10.9 Å². The van der Waals surface area contributed by atoms with Crippen molar-refractivity contribution < 1.29 is 4.92 Å². The lowest BCUT2D eigenvalue weighted by molar-refractivity contribution is -0.384. The third-order valence-electron chi connectivity index (χ3n) is 4.05. The number of aromatic nitrogens is 1. The number of nitro groups is 1. The van der Waals surface area contributed by atoms with Gasteiger partial charge in [0.1, 0.15) is 0 Å². The fourth-order valence-corrected chi connectivity index (χ4v) is 2.95. The van der Waals surface area contributed by atoms with E-state index in [0.717, 1.165) is 36.6 Å². The molecule has 1 heterocycles. The zero-order chi connectivity index (χ0) is 13.4. The molecule has 0 amide bonds. The normalized spacial score (nSPS) is 23.6. The number of non-ortho nitro benzene ring substituents is 1. The highest BCUT2D eigenvalue weighted by atomic mass is 16.6. The Balaban J connectivity index is 1.99. The standard InChI is InChI=1S/C14H17N3O2/c15-11-2-5-12(6-3-11)16-8-7-10-1-4-13(17(18)19)9-14(10)16/h1,4,7-9,11-12H,2-3,5-6,15H2. The maximum absolute atomic E-state index is 10.9. The number of benzene rings is 1. The van der Waals surface area contributed by atoms with Gasteiger partial charge in [0.2, 0.25) is 0 Å². The molecule has 1 aliphatic carbocycles. The first-order chi connectivity index (χ1) is 9.15. The van der Waals surface area contributed by atoms with Crippen LogP contribution >= 0.6 is 0 Å². The van der Waals surface area contributed by atoms with Crippen LogP contribution in [0.2, 0.25) is 0 Å². The highest BCUT2D eigenvalue weighted by Gasteiger charge is 2.21. The van der Waals surface area contributed by atoms with Gasteiger partial charge in [-0.15, -0.1) is 0 Å². The van der Waals surface area contributed by atoms with E-state index in [2.05, 4.69) is 4.57 Å². The average molecular weight is 259 g/mol. The summed E-state index contributed by atoms with van der Waals surface area (Å²) in [5.74, 6) is 0. The lowest BCUT2D eigenvalue weighted by Crippen LogP contribution is -2.27. The van der Waals surface area contributed by atoms with Gasteiger partial charge in [0.25, 0.3) is 5.69 Å². The van der Waals surface area contributed by atoms with Gasteiger partial charge in [-0.25, -0.2) is 0 Å². The van der Waals surface area contributed by atoms with Crippen molar-refractivity contribution in [2.24, 2.45) is 5.73 Å². The molecule has 0 radical (unpaired) electrons. The van der Waals surface area contributed by atoms with E-state index in [1.54, 1.807) is 12.1 Å². The molecule has 2 N–H and O–H groups in total. The molecule has 100 valence electrons. The van der Waals surface area contributed by atoms with Gasteiger partial charge in [0, 0.05) is 35.8 Å². The molecule has 5 heteroatoms. The molecule has 2 aromatic rings. The van der Waals surface area contributed by atoms with Crippen LogP contribution in [0.4, 0.5) is 5.69 Å². The summed E-state index contributed by atoms with van der Waals surface area (Å²) in [4.78, 5) is 10.5. The van der Waals surface area contributed by atoms with Crippen LogP contribution < -0.4 is 5.73 Å². The summed E-state index contributed by atoms with van der Waals surface area (Å²) in [6.45, 7) is 0. The number of fused-ring (bicyclic) bond motifs is 1. The van der Waals surface area contributed by atoms with Crippen molar-refractivity contribution in [2.75, 3.05) is 0 Å². The van der Waals surface area contributed by atoms with Gasteiger partial charge in [-0.2, -0.15) is 0 Å². The Morgan fingerprint density at radius 1 is 1.21 bits per heavy atom. The predicted octanol–water partition coefficient (Wildman–Crippen LogP) is 2.99. The molecule has 19 heavy (non-hydrogen) atoms. The fraction of sp³-hybridized carbons (Fsp3) is 0.429. The largest absolute Gasteiger partial charge is 0.344 e. The van der Waals surface area contributed by atoms with E-state index in [1.165, 1.54) is 0 Å². The molecule has 0 saturated heterocycles. The summed E-state index contributed by atoms with van der Waals surface area (Å²) < 4.78 is 2.17. The van der Waals surface area contributed by atoms with E-state index < -0.39 is 0 Å². The second-order valence-electron chi connectivity index (χ2n) is 5.29. The van der Waals surface area contributed by atoms with Crippen molar-refractivity contribution in [2.45, 2.75) is 37.8 Å². The Morgan fingerprint density at radius 2 is 1.95 bits per heavy atom. The first kappa shape index (κ1) is 12.2. The number of rotatable bonds is 2. The van der Waals surface area contributed by atoms with E-state index in [9.17, 15) is 10.1 Å². The molecule has 5 nitrogen and oxygen atoms in total. The Labute approximate surface area is 111 Å². The Morgan fingerprint density at radius 3 is 2.63 bits per heavy atom. The molecule has 1 fully saturated rings. The van der Waals surface area contributed by atoms with Crippen LogP contribution in [0, 0.1) is 10.1 Å². The third kappa shape index (κ3) is 2.21. The van der Waals surface area contributed by atoms with Crippen LogP contribution in [0.3, 0.4) is 0 Å². The molecule has 0 atom stereocenters. The van der Waals surface area contributed by atoms with Gasteiger partial charge in [-0.05, 0) is 37.8 Å². The monoisotopic (exact) mass is 259 g/mol. The minimum absolute atomic E-state index is 0.153. The Hall–Kier alpha value is -1.88. The minimum Gasteiger partial charge on any atom is -0.344 e. The van der Waals surface area contributed by atoms with E-state index in [1.807, 2.05) is 18.3 Å². The average Bonchev–Trinajstić information content (AvgIpc) is 2.82. The van der Waals surface area contributed by atoms with Gasteiger partial charge in [-0.3, -0.25) is 10.1 Å². The summed E-state index contributed by atoms with van der Waals surface area (Å²) >= 11 is 0. The van der Waals surface area contributed by atoms with Crippen molar-refractivity contribution in [3.05, 3.63) is 40.6 Å². The quantitative estimate of drug-likeness (QED) is 0.665. The summed E-state index contributed by atoms with van der Waals surface area (Å²) in [7, 11) is 0. The Bertz CT molecular complexity index is 612. The van der Waals surface area contributed by atoms with Crippen LogP contribution in [0.15, 0.2) is 30.5 Å². The molecular weight excluding hydrogens is 242 g/mol. The maximum atomic E-state index is 10.9. The molecule has 1 aromatic heterocycles. The fourth-order valence-electron chi connectivity index (χ4n) is 2.95. The number of hydrogen-bond acceptors (Lipinski definition) is 3. The minimum atomic E-state index is -0.340. The molecular formula is C14H17N3O2. The second kappa shape index (κ2) is 4.66. The first-order valence-electron chi connectivity index (χ1n) is 6.66.